The van der Waals surface area contributed by atoms with E-state index in [4.69, 9.17) is 0 Å². The first-order valence-corrected chi connectivity index (χ1v) is 8.03. The van der Waals surface area contributed by atoms with Crippen molar-refractivity contribution in [3.8, 4) is 0 Å². The number of aryl methyl sites for hydroxylation is 1. The number of hydrogen-bond donors (Lipinski definition) is 0. The van der Waals surface area contributed by atoms with Gasteiger partial charge >= 0.3 is 0 Å². The van der Waals surface area contributed by atoms with E-state index < -0.39 is 0 Å². The predicted molar refractivity (Wildman–Crippen MR) is 92.8 cm³/mol. The first-order chi connectivity index (χ1) is 8.98. The van der Waals surface area contributed by atoms with Crippen molar-refractivity contribution >= 4 is 28.3 Å². The standard InChI is InChI=1S/C17H22IN/c1-5-14-11-15(6-2)17(4,18)19(12-14)16-9-7-13(3)8-10-16/h7-12H,5-6H2,1-4H3. The zero-order valence-electron chi connectivity index (χ0n) is 12.2. The van der Waals surface area contributed by atoms with E-state index in [1.165, 1.54) is 22.4 Å². The van der Waals surface area contributed by atoms with Crippen LogP contribution in [0.3, 0.4) is 0 Å². The number of anilines is 1. The molecule has 1 nitrogen and oxygen atoms in total. The van der Waals surface area contributed by atoms with Gasteiger partial charge in [0.25, 0.3) is 0 Å². The average Bonchev–Trinajstić information content (AvgIpc) is 2.39. The Labute approximate surface area is 130 Å². The third-order valence-electron chi connectivity index (χ3n) is 3.79. The predicted octanol–water partition coefficient (Wildman–Crippen LogP) is 5.60. The van der Waals surface area contributed by atoms with E-state index in [9.17, 15) is 0 Å². The lowest BCUT2D eigenvalue weighted by molar-refractivity contribution is 0.727. The second-order valence-corrected chi connectivity index (χ2v) is 7.34. The molecule has 0 bridgehead atoms. The van der Waals surface area contributed by atoms with Gasteiger partial charge in [0.15, 0.2) is 0 Å². The number of rotatable bonds is 3. The Kier molecular flexibility index (Phi) is 4.39. The maximum Gasteiger partial charge on any atom is 0.115 e. The lowest BCUT2D eigenvalue weighted by atomic mass is 9.96. The molecule has 0 amide bonds. The molecule has 1 heterocycles. The smallest absolute Gasteiger partial charge is 0.115 e. The fraction of sp³-hybridized carbons (Fsp3) is 0.412. The van der Waals surface area contributed by atoms with Gasteiger partial charge in [0.05, 0.1) is 0 Å². The Morgan fingerprint density at radius 2 is 1.74 bits per heavy atom. The van der Waals surface area contributed by atoms with Crippen LogP contribution in [0.15, 0.2) is 47.7 Å². The number of benzene rings is 1. The molecule has 1 aromatic carbocycles. The van der Waals surface area contributed by atoms with Crippen LogP contribution in [0, 0.1) is 6.92 Å². The van der Waals surface area contributed by atoms with Gasteiger partial charge in [-0.25, -0.2) is 0 Å². The number of allylic oxidation sites excluding steroid dienone is 2. The summed E-state index contributed by atoms with van der Waals surface area (Å²) in [6.45, 7) is 8.90. The Balaban J connectivity index is 2.46. The van der Waals surface area contributed by atoms with E-state index in [2.05, 4.69) is 91.7 Å². The topological polar surface area (TPSA) is 3.24 Å². The molecule has 0 fully saturated rings. The summed E-state index contributed by atoms with van der Waals surface area (Å²) in [6, 6.07) is 8.81. The van der Waals surface area contributed by atoms with E-state index in [0.29, 0.717) is 0 Å². The molecule has 1 aliphatic heterocycles. The number of hydrogen-bond acceptors (Lipinski definition) is 1. The zero-order valence-corrected chi connectivity index (χ0v) is 14.4. The first-order valence-electron chi connectivity index (χ1n) is 6.95. The summed E-state index contributed by atoms with van der Waals surface area (Å²) >= 11 is 2.57. The molecule has 0 radical (unpaired) electrons. The van der Waals surface area contributed by atoms with Gasteiger partial charge < -0.3 is 4.90 Å². The van der Waals surface area contributed by atoms with Crippen LogP contribution in [0.5, 0.6) is 0 Å². The highest BCUT2D eigenvalue weighted by atomic mass is 127. The van der Waals surface area contributed by atoms with Crippen molar-refractivity contribution in [3.63, 3.8) is 0 Å². The van der Waals surface area contributed by atoms with Crippen LogP contribution >= 0.6 is 22.6 Å². The van der Waals surface area contributed by atoms with Gasteiger partial charge in [-0.3, -0.25) is 0 Å². The van der Waals surface area contributed by atoms with Crippen molar-refractivity contribution in [1.82, 2.24) is 0 Å². The van der Waals surface area contributed by atoms with Crippen molar-refractivity contribution < 1.29 is 0 Å². The first kappa shape index (κ1) is 14.6. The van der Waals surface area contributed by atoms with Crippen LogP contribution in [0.25, 0.3) is 0 Å². The zero-order chi connectivity index (χ0) is 14.0. The maximum absolute atomic E-state index is 2.57. The molecule has 1 aromatic rings. The molecule has 1 atom stereocenters. The monoisotopic (exact) mass is 367 g/mol. The Hall–Kier alpha value is -0.770. The second kappa shape index (κ2) is 5.70. The summed E-state index contributed by atoms with van der Waals surface area (Å²) in [4.78, 5) is 2.41. The van der Waals surface area contributed by atoms with E-state index >= 15 is 0 Å². The van der Waals surface area contributed by atoms with Crippen LogP contribution in [-0.2, 0) is 0 Å². The highest BCUT2D eigenvalue weighted by molar-refractivity contribution is 14.1. The van der Waals surface area contributed by atoms with Crippen molar-refractivity contribution in [3.05, 3.63) is 53.3 Å². The van der Waals surface area contributed by atoms with Crippen LogP contribution in [0.1, 0.15) is 39.2 Å². The fourth-order valence-corrected chi connectivity index (χ4v) is 3.43. The second-order valence-electron chi connectivity index (χ2n) is 5.24. The Morgan fingerprint density at radius 3 is 2.26 bits per heavy atom. The molecule has 1 aliphatic rings. The van der Waals surface area contributed by atoms with Crippen LogP contribution in [-0.4, -0.2) is 3.55 Å². The molecule has 19 heavy (non-hydrogen) atoms. The van der Waals surface area contributed by atoms with Gasteiger partial charge in [-0.1, -0.05) is 37.6 Å². The lowest BCUT2D eigenvalue weighted by Crippen LogP contribution is -2.41. The van der Waals surface area contributed by atoms with Crippen LogP contribution < -0.4 is 4.90 Å². The summed E-state index contributed by atoms with van der Waals surface area (Å²) in [5, 5.41) is 0. The largest absolute Gasteiger partial charge is 0.329 e. The third kappa shape index (κ3) is 2.88. The van der Waals surface area contributed by atoms with Crippen LogP contribution in [0.2, 0.25) is 0 Å². The fourth-order valence-electron chi connectivity index (χ4n) is 2.47. The minimum Gasteiger partial charge on any atom is -0.329 e. The molecule has 0 spiro atoms. The quantitative estimate of drug-likeness (QED) is 0.382. The molecular formula is C17H22IN. The summed E-state index contributed by atoms with van der Waals surface area (Å²) < 4.78 is 0.0282. The molecular weight excluding hydrogens is 345 g/mol. The normalized spacial score (nSPS) is 23.1. The highest BCUT2D eigenvalue weighted by Crippen LogP contribution is 2.41. The molecule has 102 valence electrons. The molecule has 0 N–H and O–H groups in total. The van der Waals surface area contributed by atoms with Gasteiger partial charge in [0.1, 0.15) is 3.55 Å². The van der Waals surface area contributed by atoms with E-state index in [-0.39, 0.29) is 3.55 Å². The van der Waals surface area contributed by atoms with Crippen molar-refractivity contribution in [2.45, 2.75) is 44.1 Å². The number of alkyl halides is 1. The molecule has 0 saturated heterocycles. The summed E-state index contributed by atoms with van der Waals surface area (Å²) in [5.74, 6) is 0. The van der Waals surface area contributed by atoms with Crippen molar-refractivity contribution in [2.24, 2.45) is 0 Å². The summed E-state index contributed by atoms with van der Waals surface area (Å²) in [5.41, 5.74) is 5.48. The molecule has 2 rings (SSSR count). The van der Waals surface area contributed by atoms with Crippen molar-refractivity contribution in [1.29, 1.82) is 0 Å². The molecule has 1 unspecified atom stereocenters. The Bertz CT molecular complexity index is 509. The minimum atomic E-state index is 0.0282. The minimum absolute atomic E-state index is 0.0282. The summed E-state index contributed by atoms with van der Waals surface area (Å²) in [6.07, 6.45) is 6.85. The third-order valence-corrected chi connectivity index (χ3v) is 5.01. The average molecular weight is 367 g/mol. The van der Waals surface area contributed by atoms with Gasteiger partial charge in [-0.05, 0) is 72.6 Å². The van der Waals surface area contributed by atoms with Gasteiger partial charge in [-0.15, -0.1) is 0 Å². The van der Waals surface area contributed by atoms with E-state index in [1.54, 1.807) is 0 Å². The molecule has 0 aliphatic carbocycles. The molecule has 0 saturated carbocycles. The SMILES string of the molecule is CCC1=CN(c2ccc(C)cc2)C(C)(I)C(CC)=C1. The van der Waals surface area contributed by atoms with Crippen LogP contribution in [0.4, 0.5) is 5.69 Å². The lowest BCUT2D eigenvalue weighted by Gasteiger charge is -2.41. The van der Waals surface area contributed by atoms with E-state index in [1.807, 2.05) is 0 Å². The maximum atomic E-state index is 2.57. The Morgan fingerprint density at radius 1 is 1.11 bits per heavy atom. The van der Waals surface area contributed by atoms with Crippen molar-refractivity contribution in [2.75, 3.05) is 4.90 Å². The molecule has 2 heteroatoms. The molecule has 0 aromatic heterocycles. The van der Waals surface area contributed by atoms with E-state index in [0.717, 1.165) is 12.8 Å². The van der Waals surface area contributed by atoms with Gasteiger partial charge in [0, 0.05) is 11.9 Å². The summed E-state index contributed by atoms with van der Waals surface area (Å²) in [7, 11) is 0. The highest BCUT2D eigenvalue weighted by Gasteiger charge is 2.33. The number of halogens is 1. The van der Waals surface area contributed by atoms with Gasteiger partial charge in [-0.2, -0.15) is 0 Å². The number of nitrogens with zero attached hydrogens (tertiary/aromatic N) is 1. The van der Waals surface area contributed by atoms with Gasteiger partial charge in [0.2, 0.25) is 0 Å².